The van der Waals surface area contributed by atoms with Gasteiger partial charge in [0.2, 0.25) is 5.89 Å². The van der Waals surface area contributed by atoms with Crippen LogP contribution in [0.1, 0.15) is 71.0 Å². The second kappa shape index (κ2) is 28.8. The largest absolute Gasteiger partial charge is 0.415 e. The van der Waals surface area contributed by atoms with Gasteiger partial charge in [-0.15, -0.1) is 53.3 Å². The lowest BCUT2D eigenvalue weighted by Crippen LogP contribution is -2.34. The zero-order valence-corrected chi connectivity index (χ0v) is 50.3. The van der Waals surface area contributed by atoms with E-state index in [2.05, 4.69) is 92.5 Å². The number of hydrogen-bond donors (Lipinski definition) is 2. The van der Waals surface area contributed by atoms with Gasteiger partial charge < -0.3 is 34.1 Å². The van der Waals surface area contributed by atoms with E-state index in [1.165, 1.54) is 34.4 Å². The Morgan fingerprint density at radius 2 is 1.26 bits per heavy atom. The predicted octanol–water partition coefficient (Wildman–Crippen LogP) is 14.0. The summed E-state index contributed by atoms with van der Waals surface area (Å²) in [4.78, 5) is 49.0. The maximum Gasteiger partial charge on any atom is 0.270 e. The molecule has 0 saturated carbocycles. The fraction of sp³-hybridized carbons (Fsp3) is 0.197. The first kappa shape index (κ1) is 63.6. The van der Waals surface area contributed by atoms with Gasteiger partial charge in [-0.25, -0.2) is 24.9 Å². The summed E-state index contributed by atoms with van der Waals surface area (Å²) in [7, 11) is 3.94. The van der Waals surface area contributed by atoms with Crippen LogP contribution in [0.3, 0.4) is 0 Å². The molecule has 1 saturated heterocycles. The summed E-state index contributed by atoms with van der Waals surface area (Å²) >= 11 is 2.97. The SMILES string of the molecule is C.C.C=C(c1ccc(-c2cnc(C)c(-c3nnc(-c4cscn4)o3)n2)cc1)N(C)C.Cc1cccc(-c2cnc(C)c(-c3nnc(-c4ccccc4)o3)n2)c1.Cc1ccsc1-c1nnc(-c2nc(-c3ccc(C(=O)N4CCCNCC4)cc3C#N)cnc2N)o1.[HH].[HH].[HH].[HH]. The highest BCUT2D eigenvalue weighted by Crippen LogP contribution is 2.34. The molecular formula is C66H72N18O4S2. The van der Waals surface area contributed by atoms with Gasteiger partial charge in [-0.1, -0.05) is 93.7 Å². The number of benzene rings is 4. The topological polar surface area (TPSA) is 292 Å². The summed E-state index contributed by atoms with van der Waals surface area (Å²) in [6.45, 7) is 14.8. The average molecular weight is 1250 g/mol. The molecule has 0 aliphatic carbocycles. The first-order valence-electron chi connectivity index (χ1n) is 27.7. The molecule has 13 rings (SSSR count). The summed E-state index contributed by atoms with van der Waals surface area (Å²) in [6.07, 6.45) is 5.88. The molecule has 1 fully saturated rings. The summed E-state index contributed by atoms with van der Waals surface area (Å²) in [5.74, 6) is 2.09. The number of nitriles is 1. The molecule has 0 atom stereocenters. The van der Waals surface area contributed by atoms with Crippen molar-refractivity contribution in [2.45, 2.75) is 49.0 Å². The van der Waals surface area contributed by atoms with Crippen molar-refractivity contribution in [3.63, 3.8) is 0 Å². The third-order valence-electron chi connectivity index (χ3n) is 14.0. The smallest absolute Gasteiger partial charge is 0.270 e. The fourth-order valence-corrected chi connectivity index (χ4v) is 10.5. The Labute approximate surface area is 534 Å². The number of nitrogen functional groups attached to an aromatic ring is 1. The molecular weight excluding hydrogens is 1170 g/mol. The number of amides is 1. The zero-order chi connectivity index (χ0) is 61.3. The van der Waals surface area contributed by atoms with Gasteiger partial charge in [-0.05, 0) is 93.6 Å². The summed E-state index contributed by atoms with van der Waals surface area (Å²) in [5.41, 5.74) is 21.6. The van der Waals surface area contributed by atoms with Crippen LogP contribution in [0.25, 0.3) is 108 Å². The predicted molar refractivity (Wildman–Crippen MR) is 358 cm³/mol. The van der Waals surface area contributed by atoms with Crippen LogP contribution in [-0.4, -0.2) is 121 Å². The van der Waals surface area contributed by atoms with Gasteiger partial charge in [0.15, 0.2) is 11.5 Å². The number of rotatable bonds is 12. The molecule has 3 N–H and O–H groups in total. The number of carbonyl (C=O) groups is 1. The lowest BCUT2D eigenvalue weighted by molar-refractivity contribution is 0.0766. The van der Waals surface area contributed by atoms with Crippen molar-refractivity contribution in [1.82, 2.24) is 80.6 Å². The number of aromatic nitrogens is 13. The molecule has 9 heterocycles. The number of nitrogens with one attached hydrogen (secondary N) is 1. The van der Waals surface area contributed by atoms with E-state index < -0.39 is 0 Å². The van der Waals surface area contributed by atoms with Crippen LogP contribution in [-0.2, 0) is 0 Å². The van der Waals surface area contributed by atoms with Gasteiger partial charge in [-0.3, -0.25) is 14.8 Å². The number of nitrogens with zero attached hydrogens (tertiary/aromatic N) is 16. The van der Waals surface area contributed by atoms with E-state index >= 15 is 0 Å². The van der Waals surface area contributed by atoms with Crippen LogP contribution in [0, 0.1) is 39.0 Å². The van der Waals surface area contributed by atoms with E-state index in [0.717, 1.165) is 80.7 Å². The van der Waals surface area contributed by atoms with Crippen molar-refractivity contribution in [1.29, 1.82) is 5.26 Å². The molecule has 1 amide bonds. The van der Waals surface area contributed by atoms with Crippen molar-refractivity contribution in [3.8, 4) is 108 Å². The Hall–Kier alpha value is -10.9. The lowest BCUT2D eigenvalue weighted by Gasteiger charge is -2.20. The molecule has 8 aromatic heterocycles. The maximum atomic E-state index is 13.0. The van der Waals surface area contributed by atoms with Crippen LogP contribution in [0.2, 0.25) is 0 Å². The first-order chi connectivity index (χ1) is 42.8. The van der Waals surface area contributed by atoms with Gasteiger partial charge in [0.05, 0.1) is 69.1 Å². The Balaban J connectivity index is 0.000000251. The highest BCUT2D eigenvalue weighted by molar-refractivity contribution is 7.13. The van der Waals surface area contributed by atoms with Crippen LogP contribution in [0.15, 0.2) is 158 Å². The van der Waals surface area contributed by atoms with E-state index in [1.54, 1.807) is 41.0 Å². The second-order valence-corrected chi connectivity index (χ2v) is 22.0. The molecule has 0 spiro atoms. The quantitative estimate of drug-likeness (QED) is 0.115. The number of thiophene rings is 1. The number of thiazole rings is 1. The number of aryl methyl sites for hydroxylation is 4. The normalized spacial score (nSPS) is 11.8. The molecule has 1 aliphatic heterocycles. The lowest BCUT2D eigenvalue weighted by atomic mass is 10.0. The molecule has 12 aromatic rings. The number of hydrogen-bond acceptors (Lipinski definition) is 23. The highest BCUT2D eigenvalue weighted by atomic mass is 32.1. The summed E-state index contributed by atoms with van der Waals surface area (Å²) < 4.78 is 17.4. The highest BCUT2D eigenvalue weighted by Gasteiger charge is 2.23. The zero-order valence-electron chi connectivity index (χ0n) is 48.7. The van der Waals surface area contributed by atoms with E-state index in [9.17, 15) is 10.1 Å². The van der Waals surface area contributed by atoms with Gasteiger partial charge in [0.25, 0.3) is 35.4 Å². The Bertz CT molecular complexity index is 4490. The standard InChI is InChI=1S/C24H22N8O2S.C20H18N6OS.C20H16N4O.2CH4.4H2/c1-14-5-10-35-20(14)23-31-30-22(34-23)19-21(26)28-13-18(29-19)17-4-3-15(11-16(17)12-25)24(33)32-8-2-6-27-7-9-32;1-12-18(20-25-24-19(27-20)17-10-28-11-22-17)23-16(9-21-12)15-7-5-14(6-8-15)13(2)26(3)4;1-13-7-6-10-16(11-13)17-12-21-14(2)18(22-17)20-24-23-19(25-20)15-8-4-3-5-9-15;;;;;;/h3-5,10-11,13,27H,2,6-9H2,1H3,(H2,26,28);5-11H,2H2,1,3-4H3;3-12H,1-2H3;2*1H4;4*1H. The fourth-order valence-electron chi connectivity index (χ4n) is 9.15. The van der Waals surface area contributed by atoms with E-state index in [1.807, 2.05) is 123 Å². The molecule has 90 heavy (non-hydrogen) atoms. The van der Waals surface area contributed by atoms with Crippen LogP contribution >= 0.6 is 22.7 Å². The molecule has 22 nitrogen and oxygen atoms in total. The first-order valence-corrected chi connectivity index (χ1v) is 29.5. The van der Waals surface area contributed by atoms with Crippen molar-refractivity contribution in [2.75, 3.05) is 46.0 Å². The minimum absolute atomic E-state index is 0. The number of anilines is 1. The van der Waals surface area contributed by atoms with Crippen molar-refractivity contribution in [2.24, 2.45) is 0 Å². The van der Waals surface area contributed by atoms with Crippen molar-refractivity contribution in [3.05, 3.63) is 184 Å². The van der Waals surface area contributed by atoms with E-state index in [0.29, 0.717) is 82.0 Å². The van der Waals surface area contributed by atoms with Crippen LogP contribution < -0.4 is 11.1 Å². The van der Waals surface area contributed by atoms with Gasteiger partial charge in [-0.2, -0.15) is 5.26 Å². The van der Waals surface area contributed by atoms with Gasteiger partial charge in [0.1, 0.15) is 17.1 Å². The van der Waals surface area contributed by atoms with Crippen molar-refractivity contribution < 1.29 is 23.8 Å². The summed E-state index contributed by atoms with van der Waals surface area (Å²) in [6, 6.07) is 35.0. The molecule has 1 aliphatic rings. The third-order valence-corrected chi connectivity index (χ3v) is 15.6. The molecule has 462 valence electrons. The molecule has 0 unspecified atom stereocenters. The van der Waals surface area contributed by atoms with Crippen molar-refractivity contribution >= 4 is 40.1 Å². The van der Waals surface area contributed by atoms with Crippen LogP contribution in [0.5, 0.6) is 0 Å². The second-order valence-electron chi connectivity index (χ2n) is 20.3. The van der Waals surface area contributed by atoms with Gasteiger partial charge >= 0.3 is 0 Å². The monoisotopic (exact) mass is 1240 g/mol. The molecule has 0 radical (unpaired) electrons. The Morgan fingerprint density at radius 3 is 1.91 bits per heavy atom. The maximum absolute atomic E-state index is 13.0. The van der Waals surface area contributed by atoms with Gasteiger partial charge in [0, 0.05) is 78.3 Å². The average Bonchev–Trinajstić information content (AvgIpc) is 1.41. The molecule has 24 heteroatoms. The minimum Gasteiger partial charge on any atom is -0.415 e. The third kappa shape index (κ3) is 14.4. The van der Waals surface area contributed by atoms with E-state index in [4.69, 9.17) is 29.0 Å². The minimum atomic E-state index is -0.0944. The number of nitrogens with two attached hydrogens (primary N) is 1. The molecule has 0 bridgehead atoms. The van der Waals surface area contributed by atoms with Crippen LogP contribution in [0.4, 0.5) is 5.82 Å². The molecule has 4 aromatic carbocycles. The Morgan fingerprint density at radius 1 is 0.644 bits per heavy atom. The number of carbonyl (C=O) groups excluding carboxylic acids is 1. The summed E-state index contributed by atoms with van der Waals surface area (Å²) in [5, 5.41) is 41.6. The van der Waals surface area contributed by atoms with E-state index in [-0.39, 0.29) is 43.9 Å². The Kier molecular flexibility index (Phi) is 20.3.